The molecular weight excluding hydrogens is 196 g/mol. The van der Waals surface area contributed by atoms with Crippen LogP contribution in [-0.2, 0) is 16.0 Å². The molecule has 1 aliphatic rings. The highest BCUT2D eigenvalue weighted by Crippen LogP contribution is 2.15. The molecule has 4 nitrogen and oxygen atoms in total. The second-order valence-electron chi connectivity index (χ2n) is 3.48. The van der Waals surface area contributed by atoms with E-state index in [1.807, 2.05) is 0 Å². The van der Waals surface area contributed by atoms with Crippen molar-refractivity contribution in [2.45, 2.75) is 12.5 Å². The number of carboxylic acids is 1. The SMILES string of the molecule is O=C(O)Cc1ccc(OCC2CO2)cc1. The number of rotatable bonds is 5. The Morgan fingerprint density at radius 3 is 2.67 bits per heavy atom. The minimum atomic E-state index is -0.824. The largest absolute Gasteiger partial charge is 0.491 e. The van der Waals surface area contributed by atoms with Crippen LogP contribution in [0.25, 0.3) is 0 Å². The van der Waals surface area contributed by atoms with E-state index < -0.39 is 5.97 Å². The van der Waals surface area contributed by atoms with E-state index in [1.54, 1.807) is 24.3 Å². The number of hydrogen-bond acceptors (Lipinski definition) is 3. The van der Waals surface area contributed by atoms with Crippen molar-refractivity contribution in [2.24, 2.45) is 0 Å². The molecule has 15 heavy (non-hydrogen) atoms. The number of carboxylic acid groups (broad SMARTS) is 1. The van der Waals surface area contributed by atoms with Crippen molar-refractivity contribution in [3.8, 4) is 5.75 Å². The summed E-state index contributed by atoms with van der Waals surface area (Å²) < 4.78 is 10.4. The van der Waals surface area contributed by atoms with Crippen LogP contribution in [0, 0.1) is 0 Å². The molecule has 1 aromatic carbocycles. The van der Waals surface area contributed by atoms with E-state index in [0.717, 1.165) is 17.9 Å². The average molecular weight is 208 g/mol. The van der Waals surface area contributed by atoms with E-state index in [1.165, 1.54) is 0 Å². The van der Waals surface area contributed by atoms with Gasteiger partial charge in [0.1, 0.15) is 18.5 Å². The summed E-state index contributed by atoms with van der Waals surface area (Å²) in [6, 6.07) is 7.08. The molecule has 1 saturated heterocycles. The summed E-state index contributed by atoms with van der Waals surface area (Å²) in [5, 5.41) is 8.57. The molecule has 0 radical (unpaired) electrons. The number of benzene rings is 1. The van der Waals surface area contributed by atoms with Crippen LogP contribution in [0.2, 0.25) is 0 Å². The van der Waals surface area contributed by atoms with Crippen molar-refractivity contribution in [1.82, 2.24) is 0 Å². The van der Waals surface area contributed by atoms with Crippen LogP contribution < -0.4 is 4.74 Å². The molecule has 1 fully saturated rings. The lowest BCUT2D eigenvalue weighted by Crippen LogP contribution is -2.04. The third kappa shape index (κ3) is 3.25. The number of ether oxygens (including phenoxy) is 2. The van der Waals surface area contributed by atoms with Gasteiger partial charge in [-0.3, -0.25) is 4.79 Å². The molecule has 0 amide bonds. The van der Waals surface area contributed by atoms with Gasteiger partial charge in [-0.05, 0) is 17.7 Å². The maximum atomic E-state index is 10.4. The molecule has 0 aromatic heterocycles. The van der Waals surface area contributed by atoms with Gasteiger partial charge in [-0.1, -0.05) is 12.1 Å². The van der Waals surface area contributed by atoms with Crippen LogP contribution in [-0.4, -0.2) is 30.4 Å². The maximum Gasteiger partial charge on any atom is 0.307 e. The lowest BCUT2D eigenvalue weighted by atomic mass is 10.1. The first-order chi connectivity index (χ1) is 7.24. The maximum absolute atomic E-state index is 10.4. The Labute approximate surface area is 87.4 Å². The number of epoxide rings is 1. The fourth-order valence-corrected chi connectivity index (χ4v) is 1.23. The molecule has 1 unspecified atom stereocenters. The molecule has 4 heteroatoms. The van der Waals surface area contributed by atoms with Crippen molar-refractivity contribution in [3.63, 3.8) is 0 Å². The monoisotopic (exact) mass is 208 g/mol. The normalized spacial score (nSPS) is 18.5. The van der Waals surface area contributed by atoms with E-state index in [9.17, 15) is 4.79 Å². The second kappa shape index (κ2) is 4.31. The Balaban J connectivity index is 1.87. The van der Waals surface area contributed by atoms with Gasteiger partial charge < -0.3 is 14.6 Å². The van der Waals surface area contributed by atoms with Gasteiger partial charge in [0.15, 0.2) is 0 Å². The first kappa shape index (κ1) is 9.98. The lowest BCUT2D eigenvalue weighted by Gasteiger charge is -2.04. The zero-order chi connectivity index (χ0) is 10.7. The Kier molecular flexibility index (Phi) is 2.87. The number of hydrogen-bond donors (Lipinski definition) is 1. The third-order valence-electron chi connectivity index (χ3n) is 2.12. The van der Waals surface area contributed by atoms with Crippen molar-refractivity contribution in [1.29, 1.82) is 0 Å². The standard InChI is InChI=1S/C11H12O4/c12-11(13)5-8-1-3-9(4-2-8)14-6-10-7-15-10/h1-4,10H,5-7H2,(H,12,13). The van der Waals surface area contributed by atoms with Crippen molar-refractivity contribution < 1.29 is 19.4 Å². The summed E-state index contributed by atoms with van der Waals surface area (Å²) in [5.74, 6) is -0.0744. The fraction of sp³-hybridized carbons (Fsp3) is 0.364. The molecule has 0 spiro atoms. The van der Waals surface area contributed by atoms with Crippen LogP contribution in [0.1, 0.15) is 5.56 Å². The van der Waals surface area contributed by atoms with Gasteiger partial charge in [0.2, 0.25) is 0 Å². The molecule has 2 rings (SSSR count). The van der Waals surface area contributed by atoms with E-state index in [2.05, 4.69) is 0 Å². The van der Waals surface area contributed by atoms with Crippen LogP contribution >= 0.6 is 0 Å². The lowest BCUT2D eigenvalue weighted by molar-refractivity contribution is -0.136. The molecule has 0 aliphatic carbocycles. The fourth-order valence-electron chi connectivity index (χ4n) is 1.23. The van der Waals surface area contributed by atoms with Gasteiger partial charge in [-0.2, -0.15) is 0 Å². The van der Waals surface area contributed by atoms with Crippen molar-refractivity contribution in [2.75, 3.05) is 13.2 Å². The zero-order valence-corrected chi connectivity index (χ0v) is 8.18. The van der Waals surface area contributed by atoms with Crippen molar-refractivity contribution in [3.05, 3.63) is 29.8 Å². The third-order valence-corrected chi connectivity index (χ3v) is 2.12. The van der Waals surface area contributed by atoms with Crippen LogP contribution in [0.4, 0.5) is 0 Å². The van der Waals surface area contributed by atoms with Crippen LogP contribution in [0.15, 0.2) is 24.3 Å². The van der Waals surface area contributed by atoms with E-state index in [4.69, 9.17) is 14.6 Å². The summed E-state index contributed by atoms with van der Waals surface area (Å²) in [4.78, 5) is 10.4. The van der Waals surface area contributed by atoms with Gasteiger partial charge in [0, 0.05) is 0 Å². The van der Waals surface area contributed by atoms with E-state index in [-0.39, 0.29) is 12.5 Å². The highest BCUT2D eigenvalue weighted by Gasteiger charge is 2.22. The molecule has 0 bridgehead atoms. The highest BCUT2D eigenvalue weighted by molar-refractivity contribution is 5.70. The minimum Gasteiger partial charge on any atom is -0.491 e. The quantitative estimate of drug-likeness (QED) is 0.736. The van der Waals surface area contributed by atoms with Crippen LogP contribution in [0.5, 0.6) is 5.75 Å². The summed E-state index contributed by atoms with van der Waals surface area (Å²) in [6.07, 6.45) is 0.287. The summed E-state index contributed by atoms with van der Waals surface area (Å²) >= 11 is 0. The van der Waals surface area contributed by atoms with E-state index in [0.29, 0.717) is 6.61 Å². The summed E-state index contributed by atoms with van der Waals surface area (Å²) in [7, 11) is 0. The zero-order valence-electron chi connectivity index (χ0n) is 8.18. The Hall–Kier alpha value is -1.55. The Bertz CT molecular complexity index is 340. The van der Waals surface area contributed by atoms with Crippen molar-refractivity contribution >= 4 is 5.97 Å². The predicted octanol–water partition coefficient (Wildman–Crippen LogP) is 1.09. The Morgan fingerprint density at radius 2 is 2.13 bits per heavy atom. The highest BCUT2D eigenvalue weighted by atomic mass is 16.6. The molecule has 0 saturated carbocycles. The number of aliphatic carboxylic acids is 1. The molecule has 1 aromatic rings. The van der Waals surface area contributed by atoms with Gasteiger partial charge in [0.25, 0.3) is 0 Å². The van der Waals surface area contributed by atoms with Gasteiger partial charge in [-0.25, -0.2) is 0 Å². The van der Waals surface area contributed by atoms with E-state index >= 15 is 0 Å². The van der Waals surface area contributed by atoms with Gasteiger partial charge >= 0.3 is 5.97 Å². The molecule has 1 aliphatic heterocycles. The predicted molar refractivity (Wildman–Crippen MR) is 53.0 cm³/mol. The van der Waals surface area contributed by atoms with Crippen LogP contribution in [0.3, 0.4) is 0 Å². The molecule has 1 heterocycles. The minimum absolute atomic E-state index is 0.0476. The first-order valence-corrected chi connectivity index (χ1v) is 4.79. The van der Waals surface area contributed by atoms with Gasteiger partial charge in [0.05, 0.1) is 13.0 Å². The summed E-state index contributed by atoms with van der Waals surface area (Å²) in [5.41, 5.74) is 0.775. The topological polar surface area (TPSA) is 59.1 Å². The molecule has 1 N–H and O–H groups in total. The summed E-state index contributed by atoms with van der Waals surface area (Å²) in [6.45, 7) is 1.34. The second-order valence-corrected chi connectivity index (χ2v) is 3.48. The smallest absolute Gasteiger partial charge is 0.307 e. The Morgan fingerprint density at radius 1 is 1.47 bits per heavy atom. The number of carbonyl (C=O) groups is 1. The molecule has 1 atom stereocenters. The first-order valence-electron chi connectivity index (χ1n) is 4.79. The average Bonchev–Trinajstić information content (AvgIpc) is 2.99. The van der Waals surface area contributed by atoms with Gasteiger partial charge in [-0.15, -0.1) is 0 Å². The molecular formula is C11H12O4. The molecule has 80 valence electrons.